The van der Waals surface area contributed by atoms with Crippen molar-refractivity contribution in [1.29, 1.82) is 0 Å². The molecule has 0 aliphatic carbocycles. The van der Waals surface area contributed by atoms with Crippen LogP contribution in [0.25, 0.3) is 6.08 Å². The number of carbonyl (C=O) groups excluding carboxylic acids is 2. The van der Waals surface area contributed by atoms with Gasteiger partial charge in [0.25, 0.3) is 11.1 Å². The number of hydrogen-bond acceptors (Lipinski definition) is 4. The molecule has 4 rings (SSSR count). The summed E-state index contributed by atoms with van der Waals surface area (Å²) < 4.78 is 7.54. The van der Waals surface area contributed by atoms with Crippen LogP contribution in [0, 0.1) is 0 Å². The maximum absolute atomic E-state index is 12.8. The Balaban J connectivity index is 1.54. The highest BCUT2D eigenvalue weighted by atomic mass is 79.9. The van der Waals surface area contributed by atoms with Crippen LogP contribution < -0.4 is 9.64 Å². The highest BCUT2D eigenvalue weighted by Gasteiger charge is 2.36. The Labute approximate surface area is 205 Å². The van der Waals surface area contributed by atoms with Gasteiger partial charge in [0.05, 0.1) is 20.1 Å². The van der Waals surface area contributed by atoms with E-state index in [-0.39, 0.29) is 11.1 Å². The van der Waals surface area contributed by atoms with E-state index < -0.39 is 0 Å². The maximum atomic E-state index is 12.8. The molecular formula is C23H14Br2ClNO3S. The van der Waals surface area contributed by atoms with Crippen LogP contribution in [-0.4, -0.2) is 11.1 Å². The van der Waals surface area contributed by atoms with Gasteiger partial charge in [-0.05, 0) is 81.3 Å². The molecule has 1 saturated heterocycles. The fourth-order valence-corrected chi connectivity index (χ4v) is 5.05. The van der Waals surface area contributed by atoms with E-state index in [0.29, 0.717) is 38.0 Å². The summed E-state index contributed by atoms with van der Waals surface area (Å²) in [5.41, 5.74) is 2.24. The van der Waals surface area contributed by atoms with Gasteiger partial charge in [0.1, 0.15) is 6.61 Å². The minimum absolute atomic E-state index is 0.331. The lowest BCUT2D eigenvalue weighted by Crippen LogP contribution is -2.27. The molecule has 0 atom stereocenters. The second-order valence-electron chi connectivity index (χ2n) is 6.58. The van der Waals surface area contributed by atoms with Crippen molar-refractivity contribution in [3.8, 4) is 5.75 Å². The molecule has 1 aliphatic rings. The van der Waals surface area contributed by atoms with E-state index in [1.54, 1.807) is 42.5 Å². The monoisotopic (exact) mass is 577 g/mol. The Bertz CT molecular complexity index is 1160. The summed E-state index contributed by atoms with van der Waals surface area (Å²) in [4.78, 5) is 26.7. The Hall–Kier alpha value is -2.06. The molecule has 156 valence electrons. The van der Waals surface area contributed by atoms with Crippen LogP contribution >= 0.6 is 55.2 Å². The number of anilines is 1. The average Bonchev–Trinajstić information content (AvgIpc) is 3.02. The number of amides is 2. The number of hydrogen-bond donors (Lipinski definition) is 0. The summed E-state index contributed by atoms with van der Waals surface area (Å²) in [7, 11) is 0. The lowest BCUT2D eigenvalue weighted by molar-refractivity contribution is -0.113. The minimum Gasteiger partial charge on any atom is -0.486 e. The summed E-state index contributed by atoms with van der Waals surface area (Å²) in [6, 6.07) is 20.2. The zero-order chi connectivity index (χ0) is 22.0. The first-order valence-electron chi connectivity index (χ1n) is 9.11. The average molecular weight is 580 g/mol. The van der Waals surface area contributed by atoms with Gasteiger partial charge in [-0.25, -0.2) is 4.90 Å². The predicted octanol–water partition coefficient (Wildman–Crippen LogP) is 7.68. The van der Waals surface area contributed by atoms with Crippen molar-refractivity contribution in [3.05, 3.63) is 96.7 Å². The highest BCUT2D eigenvalue weighted by molar-refractivity contribution is 9.10. The van der Waals surface area contributed by atoms with Crippen molar-refractivity contribution < 1.29 is 14.3 Å². The van der Waals surface area contributed by atoms with Crippen LogP contribution in [0.4, 0.5) is 10.5 Å². The van der Waals surface area contributed by atoms with E-state index >= 15 is 0 Å². The molecule has 2 amide bonds. The fourth-order valence-electron chi connectivity index (χ4n) is 2.96. The van der Waals surface area contributed by atoms with E-state index in [1.807, 2.05) is 30.3 Å². The van der Waals surface area contributed by atoms with Crippen molar-refractivity contribution in [2.24, 2.45) is 0 Å². The molecule has 8 heteroatoms. The Morgan fingerprint density at radius 2 is 1.71 bits per heavy atom. The van der Waals surface area contributed by atoms with Crippen LogP contribution in [0.15, 0.2) is 80.6 Å². The number of nitrogens with zero attached hydrogens (tertiary/aromatic N) is 1. The lowest BCUT2D eigenvalue weighted by Gasteiger charge is -2.12. The van der Waals surface area contributed by atoms with Crippen molar-refractivity contribution >= 4 is 78.1 Å². The molecule has 0 bridgehead atoms. The maximum Gasteiger partial charge on any atom is 0.298 e. The molecule has 3 aromatic carbocycles. The van der Waals surface area contributed by atoms with Gasteiger partial charge in [0, 0.05) is 4.47 Å². The van der Waals surface area contributed by atoms with E-state index in [1.165, 1.54) is 4.90 Å². The summed E-state index contributed by atoms with van der Waals surface area (Å²) >= 11 is 14.2. The third-order valence-electron chi connectivity index (χ3n) is 4.42. The Morgan fingerprint density at radius 3 is 2.39 bits per heavy atom. The van der Waals surface area contributed by atoms with Crippen LogP contribution in [0.2, 0.25) is 5.02 Å². The van der Waals surface area contributed by atoms with Crippen LogP contribution in [0.1, 0.15) is 11.1 Å². The number of para-hydroxylation sites is 1. The molecule has 0 spiro atoms. The smallest absolute Gasteiger partial charge is 0.298 e. The molecule has 1 fully saturated rings. The van der Waals surface area contributed by atoms with Gasteiger partial charge >= 0.3 is 0 Å². The zero-order valence-corrected chi connectivity index (χ0v) is 20.6. The molecule has 1 heterocycles. The summed E-state index contributed by atoms with van der Waals surface area (Å²) in [5, 5.41) is 0.0714. The molecule has 1 aliphatic heterocycles. The van der Waals surface area contributed by atoms with Gasteiger partial charge in [-0.1, -0.05) is 57.9 Å². The van der Waals surface area contributed by atoms with E-state index in [4.69, 9.17) is 16.3 Å². The van der Waals surface area contributed by atoms with E-state index in [9.17, 15) is 9.59 Å². The van der Waals surface area contributed by atoms with E-state index in [2.05, 4.69) is 31.9 Å². The van der Waals surface area contributed by atoms with Gasteiger partial charge < -0.3 is 4.74 Å². The molecule has 0 N–H and O–H groups in total. The number of rotatable bonds is 5. The van der Waals surface area contributed by atoms with Crippen LogP contribution in [0.5, 0.6) is 5.75 Å². The molecule has 0 saturated carbocycles. The largest absolute Gasteiger partial charge is 0.486 e. The second-order valence-corrected chi connectivity index (χ2v) is 9.75. The van der Waals surface area contributed by atoms with Gasteiger partial charge in [-0.2, -0.15) is 0 Å². The number of benzene rings is 3. The van der Waals surface area contributed by atoms with E-state index in [0.717, 1.165) is 21.8 Å². The van der Waals surface area contributed by atoms with Gasteiger partial charge in [0.2, 0.25) is 0 Å². The SMILES string of the molecule is O=C1S/C(=C\c2cc(Cl)c(OCc3ccc(Br)cc3)c(Br)c2)C(=O)N1c1ccccc1. The van der Waals surface area contributed by atoms with Crippen LogP contribution in [-0.2, 0) is 11.4 Å². The van der Waals surface area contributed by atoms with Gasteiger partial charge in [0.15, 0.2) is 5.75 Å². The third kappa shape index (κ3) is 5.06. The molecule has 31 heavy (non-hydrogen) atoms. The molecule has 0 unspecified atom stereocenters. The van der Waals surface area contributed by atoms with Crippen molar-refractivity contribution in [3.63, 3.8) is 0 Å². The topological polar surface area (TPSA) is 46.6 Å². The van der Waals surface area contributed by atoms with Crippen molar-refractivity contribution in [2.45, 2.75) is 6.61 Å². The molecule has 0 aromatic heterocycles. The highest BCUT2D eigenvalue weighted by Crippen LogP contribution is 2.39. The van der Waals surface area contributed by atoms with Gasteiger partial charge in [-0.3, -0.25) is 9.59 Å². The normalized spacial score (nSPS) is 15.1. The minimum atomic E-state index is -0.357. The zero-order valence-electron chi connectivity index (χ0n) is 15.8. The van der Waals surface area contributed by atoms with Crippen LogP contribution in [0.3, 0.4) is 0 Å². The number of thioether (sulfide) groups is 1. The molecule has 0 radical (unpaired) electrons. The third-order valence-corrected chi connectivity index (χ3v) is 6.69. The van der Waals surface area contributed by atoms with Crippen molar-refractivity contribution in [1.82, 2.24) is 0 Å². The molecule has 4 nitrogen and oxygen atoms in total. The summed E-state index contributed by atoms with van der Waals surface area (Å²) in [6.45, 7) is 0.362. The predicted molar refractivity (Wildman–Crippen MR) is 133 cm³/mol. The number of halogens is 3. The number of ether oxygens (including phenoxy) is 1. The molecule has 3 aromatic rings. The molecular weight excluding hydrogens is 566 g/mol. The summed E-state index contributed by atoms with van der Waals surface area (Å²) in [6.07, 6.45) is 1.66. The first-order chi connectivity index (χ1) is 14.9. The standard InChI is InChI=1S/C23H14Br2ClNO3S/c24-16-8-6-14(7-9-16)13-30-21-18(25)10-15(11-19(21)26)12-20-22(28)27(23(29)31-20)17-4-2-1-3-5-17/h1-12H,13H2/b20-12-. The number of carbonyl (C=O) groups is 2. The first-order valence-corrected chi connectivity index (χ1v) is 11.9. The number of imide groups is 1. The Kier molecular flexibility index (Phi) is 6.86. The quantitative estimate of drug-likeness (QED) is 0.291. The lowest BCUT2D eigenvalue weighted by atomic mass is 10.2. The first kappa shape index (κ1) is 22.1. The fraction of sp³-hybridized carbons (Fsp3) is 0.0435. The van der Waals surface area contributed by atoms with Crippen molar-refractivity contribution in [2.75, 3.05) is 4.90 Å². The van der Waals surface area contributed by atoms with Gasteiger partial charge in [-0.15, -0.1) is 0 Å². The second kappa shape index (κ2) is 9.61. The summed E-state index contributed by atoms with van der Waals surface area (Å²) in [5.74, 6) is 0.156. The Morgan fingerprint density at radius 1 is 1.00 bits per heavy atom.